The highest BCUT2D eigenvalue weighted by molar-refractivity contribution is 7.27. The van der Waals surface area contributed by atoms with Crippen molar-refractivity contribution >= 4 is 160 Å². The molecule has 0 atom stereocenters. The van der Waals surface area contributed by atoms with E-state index in [1.165, 1.54) is 20.2 Å². The molecule has 15 aromatic carbocycles. The average molecular weight is 1590 g/mol. The van der Waals surface area contributed by atoms with Crippen LogP contribution in [-0.2, 0) is 0 Å². The summed E-state index contributed by atoms with van der Waals surface area (Å²) >= 11 is 5.15. The summed E-state index contributed by atoms with van der Waals surface area (Å²) in [5.74, 6) is 4.50. The SMILES string of the molecule is c1ccc(-c2nc(-c3ccc4c5ccccc5n(-c5ccccc5)c4c3)nc(-c3cccc4oc5c(-c6nc(-c7cccc(-c8cccc(-c9nc(-c%10cccc%11c%10oc%10cccc(-c%12nc(-c%13ccccc%13)nc(-c%13cccc%14sc%15ccccc%15c%13%14)n%12)c%10%11)c%10sc%11ccccc%11c%10n9)c8)c7)nc7c6sc6ccccc67)cccc5c34)n2)cc1. The highest BCUT2D eigenvalue weighted by Gasteiger charge is 2.28. The lowest BCUT2D eigenvalue weighted by atomic mass is 9.99. The minimum Gasteiger partial charge on any atom is -0.455 e. The second-order valence-electron chi connectivity index (χ2n) is 30.0. The summed E-state index contributed by atoms with van der Waals surface area (Å²) < 4.78 is 23.1. The third-order valence-corrected chi connectivity index (χ3v) is 26.4. The molecule has 0 aliphatic rings. The Morgan fingerprint density at radius 3 is 1.13 bits per heavy atom. The smallest absolute Gasteiger partial charge is 0.164 e. The minimum atomic E-state index is 0.521. The van der Waals surface area contributed by atoms with Crippen molar-refractivity contribution in [3.8, 4) is 130 Å². The normalized spacial score (nSPS) is 12.0. The number of thiophene rings is 3. The quantitative estimate of drug-likeness (QED) is 0.114. The van der Waals surface area contributed by atoms with Crippen molar-refractivity contribution in [3.05, 3.63) is 346 Å². The predicted octanol–water partition coefficient (Wildman–Crippen LogP) is 28.0. The molecule has 120 heavy (non-hydrogen) atoms. The van der Waals surface area contributed by atoms with Gasteiger partial charge in [-0.3, -0.25) is 0 Å². The van der Waals surface area contributed by atoms with Crippen molar-refractivity contribution in [3.63, 3.8) is 0 Å². The van der Waals surface area contributed by atoms with E-state index in [4.69, 9.17) is 58.7 Å². The van der Waals surface area contributed by atoms with Crippen LogP contribution in [0.5, 0.6) is 0 Å². The number of aromatic nitrogens is 11. The molecule has 0 radical (unpaired) electrons. The standard InChI is InChI=1S/C104H57N11O2S3/c1-4-25-58(26-5-1)97-109-101(64-53-54-67-66-35-10-14-46-78(66)115(79(67)57-64)65-33-8-3-9-34-65)113-102(110-97)73-41-22-47-80-86(73)71-39-20-44-76(93(71)116-80)91-95-89(69-37-12-16-50-83(69)119-95)105-99(107-91)62-31-18-29-60(55-62)61-30-19-32-63(56-61)100-106-90-70-38-13-17-51-84(70)120-96(90)92(108-100)77-45-21-40-72-87-74(42-23-48-81(87)117-94(72)77)103-111-98(59-27-6-2-7-28-59)112-104(114-103)75-43-24-52-85-88(75)68-36-11-15-49-82(68)118-85/h1-57H. The summed E-state index contributed by atoms with van der Waals surface area (Å²) in [5, 5.41) is 10.3. The fraction of sp³-hybridized carbons (Fsp3) is 0. The number of para-hydroxylation sites is 4. The van der Waals surface area contributed by atoms with Crippen LogP contribution in [0.1, 0.15) is 0 Å². The summed E-state index contributed by atoms with van der Waals surface area (Å²) in [5.41, 5.74) is 19.8. The van der Waals surface area contributed by atoms with E-state index in [0.717, 1.165) is 168 Å². The molecule has 10 aromatic heterocycles. The van der Waals surface area contributed by atoms with Crippen molar-refractivity contribution in [2.45, 2.75) is 0 Å². The van der Waals surface area contributed by atoms with Crippen LogP contribution in [0, 0.1) is 0 Å². The predicted molar refractivity (Wildman–Crippen MR) is 492 cm³/mol. The largest absolute Gasteiger partial charge is 0.455 e. The first-order valence-corrected chi connectivity index (χ1v) is 42.0. The second kappa shape index (κ2) is 27.1. The topological polar surface area (TPSA) is 160 Å². The molecule has 0 spiro atoms. The molecule has 25 aromatic rings. The van der Waals surface area contributed by atoms with Crippen LogP contribution in [0.2, 0.25) is 0 Å². The zero-order valence-corrected chi connectivity index (χ0v) is 65.8. The lowest BCUT2D eigenvalue weighted by Gasteiger charge is -2.11. The van der Waals surface area contributed by atoms with Gasteiger partial charge >= 0.3 is 0 Å². The Morgan fingerprint density at radius 2 is 0.583 bits per heavy atom. The van der Waals surface area contributed by atoms with E-state index >= 15 is 0 Å². The van der Waals surface area contributed by atoms with Crippen molar-refractivity contribution in [1.82, 2.24) is 54.4 Å². The Morgan fingerprint density at radius 1 is 0.217 bits per heavy atom. The molecule has 0 unspecified atom stereocenters. The molecule has 0 aliphatic carbocycles. The van der Waals surface area contributed by atoms with E-state index < -0.39 is 0 Å². The lowest BCUT2D eigenvalue weighted by Crippen LogP contribution is -2.00. The van der Waals surface area contributed by atoms with Gasteiger partial charge in [-0.2, -0.15) is 0 Å². The van der Waals surface area contributed by atoms with Crippen molar-refractivity contribution in [1.29, 1.82) is 0 Å². The molecule has 13 nitrogen and oxygen atoms in total. The molecular formula is C104H57N11O2S3. The molecule has 558 valence electrons. The van der Waals surface area contributed by atoms with Crippen LogP contribution in [0.4, 0.5) is 0 Å². The summed E-state index contributed by atoms with van der Waals surface area (Å²) in [6.07, 6.45) is 0. The van der Waals surface area contributed by atoms with Gasteiger partial charge in [-0.05, 0) is 96.1 Å². The molecule has 0 fully saturated rings. The summed E-state index contributed by atoms with van der Waals surface area (Å²) in [4.78, 5) is 54.2. The molecular weight excluding hydrogens is 1530 g/mol. The zero-order valence-electron chi connectivity index (χ0n) is 63.4. The molecule has 0 aliphatic heterocycles. The Bertz CT molecular complexity index is 8590. The Hall–Kier alpha value is -15.5. The van der Waals surface area contributed by atoms with Gasteiger partial charge in [0.1, 0.15) is 22.3 Å². The maximum atomic E-state index is 7.18. The van der Waals surface area contributed by atoms with E-state index in [2.05, 4.69) is 265 Å². The third-order valence-electron chi connectivity index (χ3n) is 23.0. The molecule has 0 saturated heterocycles. The fourth-order valence-corrected chi connectivity index (χ4v) is 20.9. The molecule has 0 N–H and O–H groups in total. The molecule has 0 saturated carbocycles. The average Bonchev–Trinajstić information content (AvgIpc) is 1.57. The summed E-state index contributed by atoms with van der Waals surface area (Å²) in [6, 6.07) is 120. The number of fused-ring (bicyclic) bond motifs is 18. The number of rotatable bonds is 12. The van der Waals surface area contributed by atoms with Crippen molar-refractivity contribution in [2.75, 3.05) is 0 Å². The second-order valence-corrected chi connectivity index (χ2v) is 33.2. The van der Waals surface area contributed by atoms with E-state index in [-0.39, 0.29) is 0 Å². The highest BCUT2D eigenvalue weighted by atomic mass is 32.1. The van der Waals surface area contributed by atoms with Gasteiger partial charge in [-0.15, -0.1) is 34.0 Å². The maximum Gasteiger partial charge on any atom is 0.164 e. The first-order chi connectivity index (χ1) is 59.4. The van der Waals surface area contributed by atoms with E-state index in [1.54, 1.807) is 34.0 Å². The van der Waals surface area contributed by atoms with E-state index in [9.17, 15) is 0 Å². The van der Waals surface area contributed by atoms with E-state index in [1.807, 2.05) is 84.9 Å². The fourth-order valence-electron chi connectivity index (χ4n) is 17.5. The number of hydrogen-bond acceptors (Lipinski definition) is 15. The minimum absolute atomic E-state index is 0.521. The number of benzene rings is 15. The van der Waals surface area contributed by atoms with Gasteiger partial charge in [0.25, 0.3) is 0 Å². The summed E-state index contributed by atoms with van der Waals surface area (Å²) in [7, 11) is 0. The van der Waals surface area contributed by atoms with Gasteiger partial charge < -0.3 is 13.4 Å². The molecule has 25 rings (SSSR count). The van der Waals surface area contributed by atoms with Crippen LogP contribution >= 0.6 is 34.0 Å². The number of furan rings is 2. The molecule has 0 bridgehead atoms. The van der Waals surface area contributed by atoms with Crippen LogP contribution in [0.3, 0.4) is 0 Å². The van der Waals surface area contributed by atoms with Gasteiger partial charge in [-0.25, -0.2) is 49.8 Å². The molecule has 0 amide bonds. The first kappa shape index (κ1) is 67.8. The molecule has 10 heterocycles. The monoisotopic (exact) mass is 1590 g/mol. The van der Waals surface area contributed by atoms with Crippen molar-refractivity contribution in [2.24, 2.45) is 0 Å². The van der Waals surface area contributed by atoms with Crippen LogP contribution in [0.15, 0.2) is 355 Å². The van der Waals surface area contributed by atoms with Gasteiger partial charge in [0.15, 0.2) is 46.6 Å². The van der Waals surface area contributed by atoms with Gasteiger partial charge in [-0.1, -0.05) is 261 Å². The zero-order chi connectivity index (χ0) is 78.6. The third kappa shape index (κ3) is 10.9. The lowest BCUT2D eigenvalue weighted by molar-refractivity contribution is 0.669. The Labute approximate surface area is 694 Å². The number of hydrogen-bond donors (Lipinski definition) is 0. The van der Waals surface area contributed by atoms with Gasteiger partial charge in [0.05, 0.1) is 42.9 Å². The van der Waals surface area contributed by atoms with Crippen LogP contribution in [-0.4, -0.2) is 54.4 Å². The number of nitrogens with zero attached hydrogens (tertiary/aromatic N) is 11. The highest BCUT2D eigenvalue weighted by Crippen LogP contribution is 2.50. The Balaban J connectivity index is 0.599. The Kier molecular flexibility index (Phi) is 15.3. The molecule has 16 heteroatoms. The van der Waals surface area contributed by atoms with Crippen molar-refractivity contribution < 1.29 is 8.83 Å². The summed E-state index contributed by atoms with van der Waals surface area (Å²) in [6.45, 7) is 0. The first-order valence-electron chi connectivity index (χ1n) is 39.6. The van der Waals surface area contributed by atoms with Gasteiger partial charge in [0, 0.05) is 134 Å². The van der Waals surface area contributed by atoms with Crippen LogP contribution in [0.25, 0.3) is 257 Å². The maximum absolute atomic E-state index is 7.18. The van der Waals surface area contributed by atoms with E-state index in [0.29, 0.717) is 68.9 Å². The van der Waals surface area contributed by atoms with Gasteiger partial charge in [0.2, 0.25) is 0 Å². The van der Waals surface area contributed by atoms with Crippen LogP contribution < -0.4 is 0 Å².